The van der Waals surface area contributed by atoms with Crippen LogP contribution in [0.1, 0.15) is 0 Å². The van der Waals surface area contributed by atoms with Gasteiger partial charge in [-0.2, -0.15) is 5.10 Å². The molecule has 0 amide bonds. The third kappa shape index (κ3) is 2.42. The van der Waals surface area contributed by atoms with Crippen molar-refractivity contribution in [2.45, 2.75) is 0 Å². The van der Waals surface area contributed by atoms with Crippen LogP contribution in [0.25, 0.3) is 5.69 Å². The summed E-state index contributed by atoms with van der Waals surface area (Å²) in [5, 5.41) is 4.30. The van der Waals surface area contributed by atoms with Crippen LogP contribution in [0.2, 0.25) is 0 Å². The van der Waals surface area contributed by atoms with E-state index in [9.17, 15) is 0 Å². The molecule has 5 heteroatoms. The second-order valence-electron chi connectivity index (χ2n) is 4.22. The van der Waals surface area contributed by atoms with Gasteiger partial charge in [0.1, 0.15) is 0 Å². The fourth-order valence-electron chi connectivity index (χ4n) is 2.10. The second-order valence-corrected chi connectivity index (χ2v) is 5.14. The normalized spacial score (nSPS) is 15.9. The SMILES string of the molecule is Brc1cnn(-c2cccc(N3CCOCC3)c2)c1. The highest BCUT2D eigenvalue weighted by Crippen LogP contribution is 2.20. The van der Waals surface area contributed by atoms with Gasteiger partial charge in [-0.3, -0.25) is 0 Å². The number of rotatable bonds is 2. The van der Waals surface area contributed by atoms with E-state index in [0.717, 1.165) is 36.5 Å². The topological polar surface area (TPSA) is 30.3 Å². The highest BCUT2D eigenvalue weighted by atomic mass is 79.9. The summed E-state index contributed by atoms with van der Waals surface area (Å²) in [5.74, 6) is 0. The molecule has 0 aliphatic carbocycles. The summed E-state index contributed by atoms with van der Waals surface area (Å²) in [6.45, 7) is 3.51. The molecule has 0 unspecified atom stereocenters. The fourth-order valence-corrected chi connectivity index (χ4v) is 2.38. The summed E-state index contributed by atoms with van der Waals surface area (Å²) in [7, 11) is 0. The molecular weight excluding hydrogens is 294 g/mol. The molecule has 0 spiro atoms. The molecule has 0 atom stereocenters. The van der Waals surface area contributed by atoms with Crippen molar-refractivity contribution in [3.8, 4) is 5.69 Å². The van der Waals surface area contributed by atoms with Crippen LogP contribution < -0.4 is 4.90 Å². The molecule has 1 aliphatic heterocycles. The number of aromatic nitrogens is 2. The van der Waals surface area contributed by atoms with E-state index in [2.05, 4.69) is 50.2 Å². The van der Waals surface area contributed by atoms with Gasteiger partial charge in [-0.25, -0.2) is 4.68 Å². The first-order chi connectivity index (χ1) is 8.83. The number of hydrogen-bond acceptors (Lipinski definition) is 3. The van der Waals surface area contributed by atoms with Gasteiger partial charge in [-0.1, -0.05) is 6.07 Å². The summed E-state index contributed by atoms with van der Waals surface area (Å²) >= 11 is 3.41. The summed E-state index contributed by atoms with van der Waals surface area (Å²) in [6.07, 6.45) is 3.75. The Morgan fingerprint density at radius 3 is 2.67 bits per heavy atom. The molecule has 2 aromatic rings. The minimum absolute atomic E-state index is 0.803. The Balaban J connectivity index is 1.88. The van der Waals surface area contributed by atoms with Gasteiger partial charge in [0.15, 0.2) is 0 Å². The smallest absolute Gasteiger partial charge is 0.0666 e. The lowest BCUT2D eigenvalue weighted by molar-refractivity contribution is 0.122. The Labute approximate surface area is 114 Å². The molecule has 0 radical (unpaired) electrons. The van der Waals surface area contributed by atoms with Gasteiger partial charge in [-0.05, 0) is 34.1 Å². The Hall–Kier alpha value is -1.33. The van der Waals surface area contributed by atoms with Gasteiger partial charge >= 0.3 is 0 Å². The van der Waals surface area contributed by atoms with Crippen LogP contribution >= 0.6 is 15.9 Å². The van der Waals surface area contributed by atoms with Crippen molar-refractivity contribution in [3.05, 3.63) is 41.1 Å². The zero-order valence-corrected chi connectivity index (χ0v) is 11.5. The molecule has 1 aromatic carbocycles. The zero-order valence-electron chi connectivity index (χ0n) is 9.92. The Morgan fingerprint density at radius 1 is 1.17 bits per heavy atom. The first-order valence-electron chi connectivity index (χ1n) is 5.96. The number of anilines is 1. The van der Waals surface area contributed by atoms with Crippen LogP contribution in [0.4, 0.5) is 5.69 Å². The molecule has 18 heavy (non-hydrogen) atoms. The van der Waals surface area contributed by atoms with Gasteiger partial charge in [0.25, 0.3) is 0 Å². The fraction of sp³-hybridized carbons (Fsp3) is 0.308. The molecule has 94 valence electrons. The quantitative estimate of drug-likeness (QED) is 0.854. The lowest BCUT2D eigenvalue weighted by Gasteiger charge is -2.29. The lowest BCUT2D eigenvalue weighted by Crippen LogP contribution is -2.36. The number of hydrogen-bond donors (Lipinski definition) is 0. The van der Waals surface area contributed by atoms with Crippen LogP contribution in [0.15, 0.2) is 41.1 Å². The third-order valence-electron chi connectivity index (χ3n) is 3.02. The summed E-state index contributed by atoms with van der Waals surface area (Å²) in [6, 6.07) is 8.41. The minimum Gasteiger partial charge on any atom is -0.378 e. The Morgan fingerprint density at radius 2 is 1.94 bits per heavy atom. The maximum absolute atomic E-state index is 5.37. The van der Waals surface area contributed by atoms with Gasteiger partial charge in [0.05, 0.1) is 29.6 Å². The van der Waals surface area contributed by atoms with E-state index in [1.165, 1.54) is 5.69 Å². The Bertz CT molecular complexity index is 535. The standard InChI is InChI=1S/C13H14BrN3O/c14-11-9-15-17(10-11)13-3-1-2-12(8-13)16-4-6-18-7-5-16/h1-3,8-10H,4-7H2. The van der Waals surface area contributed by atoms with E-state index >= 15 is 0 Å². The first-order valence-corrected chi connectivity index (χ1v) is 6.75. The van der Waals surface area contributed by atoms with E-state index in [0.29, 0.717) is 0 Å². The van der Waals surface area contributed by atoms with Crippen LogP contribution in [-0.4, -0.2) is 36.1 Å². The number of benzene rings is 1. The predicted molar refractivity (Wildman–Crippen MR) is 74.3 cm³/mol. The molecule has 2 heterocycles. The molecule has 0 saturated carbocycles. The number of nitrogens with zero attached hydrogens (tertiary/aromatic N) is 3. The highest BCUT2D eigenvalue weighted by Gasteiger charge is 2.11. The van der Waals surface area contributed by atoms with Crippen molar-refractivity contribution in [1.29, 1.82) is 0 Å². The Kier molecular flexibility index (Phi) is 3.34. The highest BCUT2D eigenvalue weighted by molar-refractivity contribution is 9.10. The van der Waals surface area contributed by atoms with E-state index in [4.69, 9.17) is 4.74 Å². The van der Waals surface area contributed by atoms with Crippen molar-refractivity contribution in [1.82, 2.24) is 9.78 Å². The first kappa shape index (κ1) is 11.7. The monoisotopic (exact) mass is 307 g/mol. The van der Waals surface area contributed by atoms with Gasteiger partial charge in [-0.15, -0.1) is 0 Å². The second kappa shape index (κ2) is 5.12. The molecule has 1 aliphatic rings. The molecule has 4 nitrogen and oxygen atoms in total. The maximum Gasteiger partial charge on any atom is 0.0666 e. The van der Waals surface area contributed by atoms with Crippen LogP contribution in [0.5, 0.6) is 0 Å². The van der Waals surface area contributed by atoms with Gasteiger partial charge < -0.3 is 9.64 Å². The van der Waals surface area contributed by atoms with Gasteiger partial charge in [0.2, 0.25) is 0 Å². The predicted octanol–water partition coefficient (Wildman–Crippen LogP) is 2.47. The van der Waals surface area contributed by atoms with E-state index in [1.54, 1.807) is 6.20 Å². The third-order valence-corrected chi connectivity index (χ3v) is 3.43. The number of morpholine rings is 1. The van der Waals surface area contributed by atoms with Crippen LogP contribution in [0.3, 0.4) is 0 Å². The van der Waals surface area contributed by atoms with Crippen molar-refractivity contribution < 1.29 is 4.74 Å². The molecule has 0 N–H and O–H groups in total. The van der Waals surface area contributed by atoms with E-state index < -0.39 is 0 Å². The summed E-state index contributed by atoms with van der Waals surface area (Å²) in [4.78, 5) is 2.34. The average Bonchev–Trinajstić information content (AvgIpc) is 2.87. The largest absolute Gasteiger partial charge is 0.378 e. The summed E-state index contributed by atoms with van der Waals surface area (Å²) in [5.41, 5.74) is 2.30. The molecule has 0 bridgehead atoms. The van der Waals surface area contributed by atoms with Crippen molar-refractivity contribution in [2.75, 3.05) is 31.2 Å². The molecule has 1 fully saturated rings. The van der Waals surface area contributed by atoms with Crippen LogP contribution in [0, 0.1) is 0 Å². The van der Waals surface area contributed by atoms with Crippen molar-refractivity contribution >= 4 is 21.6 Å². The number of ether oxygens (including phenoxy) is 1. The maximum atomic E-state index is 5.37. The molecule has 1 saturated heterocycles. The van der Waals surface area contributed by atoms with E-state index in [1.807, 2.05) is 10.9 Å². The minimum atomic E-state index is 0.803. The van der Waals surface area contributed by atoms with Crippen molar-refractivity contribution in [3.63, 3.8) is 0 Å². The van der Waals surface area contributed by atoms with Crippen molar-refractivity contribution in [2.24, 2.45) is 0 Å². The molecule has 1 aromatic heterocycles. The lowest BCUT2D eigenvalue weighted by atomic mass is 10.2. The molecular formula is C13H14BrN3O. The zero-order chi connectivity index (χ0) is 12.4. The average molecular weight is 308 g/mol. The molecule has 3 rings (SSSR count). The summed E-state index contributed by atoms with van der Waals surface area (Å²) < 4.78 is 8.23. The number of halogens is 1. The van der Waals surface area contributed by atoms with E-state index in [-0.39, 0.29) is 0 Å². The van der Waals surface area contributed by atoms with Gasteiger partial charge in [0, 0.05) is 25.0 Å². The van der Waals surface area contributed by atoms with Crippen LogP contribution in [-0.2, 0) is 4.74 Å².